The summed E-state index contributed by atoms with van der Waals surface area (Å²) in [6.45, 7) is 1.97. The highest BCUT2D eigenvalue weighted by Gasteiger charge is 2.17. The Morgan fingerprint density at radius 1 is 1.62 bits per heavy atom. The van der Waals surface area contributed by atoms with Crippen molar-refractivity contribution in [3.63, 3.8) is 0 Å². The van der Waals surface area contributed by atoms with Crippen LogP contribution in [0.4, 0.5) is 5.69 Å². The van der Waals surface area contributed by atoms with Crippen LogP contribution in [0.3, 0.4) is 0 Å². The number of aryl methyl sites for hydroxylation is 1. The van der Waals surface area contributed by atoms with Crippen LogP contribution in [0.15, 0.2) is 0 Å². The lowest BCUT2D eigenvalue weighted by atomic mass is 10.2. The van der Waals surface area contributed by atoms with Gasteiger partial charge < -0.3 is 16.5 Å². The number of H-pyrrole nitrogens is 1. The molecule has 7 heteroatoms. The molecule has 16 heavy (non-hydrogen) atoms. The van der Waals surface area contributed by atoms with Crippen molar-refractivity contribution in [1.29, 1.82) is 0 Å². The number of nitrogens with two attached hydrogens (primary N) is 2. The Morgan fingerprint density at radius 2 is 2.31 bits per heavy atom. The summed E-state index contributed by atoms with van der Waals surface area (Å²) in [6.07, 6.45) is 0.738. The number of primary amides is 1. The van der Waals surface area contributed by atoms with Gasteiger partial charge in [0.25, 0.3) is 5.91 Å². The van der Waals surface area contributed by atoms with E-state index in [1.165, 1.54) is 11.3 Å². The second-order valence-electron chi connectivity index (χ2n) is 3.26. The minimum absolute atomic E-state index is 0.339. The molecule has 0 aromatic carbocycles. The fraction of sp³-hybridized carbons (Fsp3) is 0.222. The molecule has 0 bridgehead atoms. The van der Waals surface area contributed by atoms with Crippen LogP contribution < -0.4 is 11.5 Å². The van der Waals surface area contributed by atoms with Gasteiger partial charge in [-0.2, -0.15) is 0 Å². The second kappa shape index (κ2) is 3.84. The molecule has 0 aliphatic rings. The second-order valence-corrected chi connectivity index (χ2v) is 4.65. The van der Waals surface area contributed by atoms with E-state index < -0.39 is 5.91 Å². The molecule has 0 atom stereocenters. The first-order valence-electron chi connectivity index (χ1n) is 4.65. The van der Waals surface area contributed by atoms with Gasteiger partial charge in [-0.15, -0.1) is 11.3 Å². The van der Waals surface area contributed by atoms with Crippen molar-refractivity contribution in [2.45, 2.75) is 13.3 Å². The molecule has 0 spiro atoms. The van der Waals surface area contributed by atoms with Crippen LogP contribution in [0.1, 0.15) is 22.3 Å². The van der Waals surface area contributed by atoms with Crippen LogP contribution >= 0.6 is 23.6 Å². The summed E-state index contributed by atoms with van der Waals surface area (Å²) in [6, 6.07) is 0. The summed E-state index contributed by atoms with van der Waals surface area (Å²) in [5, 5.41) is 0.759. The van der Waals surface area contributed by atoms with Gasteiger partial charge in [-0.3, -0.25) is 4.79 Å². The zero-order valence-corrected chi connectivity index (χ0v) is 10.2. The number of aromatic amines is 1. The van der Waals surface area contributed by atoms with Gasteiger partial charge in [-0.05, 0) is 18.6 Å². The minimum Gasteiger partial charge on any atom is -0.397 e. The van der Waals surface area contributed by atoms with Gasteiger partial charge in [-0.1, -0.05) is 6.92 Å². The van der Waals surface area contributed by atoms with Gasteiger partial charge in [-0.25, -0.2) is 4.98 Å². The number of hydrogen-bond donors (Lipinski definition) is 3. The maximum absolute atomic E-state index is 11.2. The Kier molecular flexibility index (Phi) is 2.64. The highest BCUT2D eigenvalue weighted by atomic mass is 32.1. The Balaban J connectivity index is 2.91. The third-order valence-electron chi connectivity index (χ3n) is 2.27. The first-order valence-corrected chi connectivity index (χ1v) is 5.88. The summed E-state index contributed by atoms with van der Waals surface area (Å²) >= 11 is 6.17. The van der Waals surface area contributed by atoms with E-state index in [2.05, 4.69) is 9.97 Å². The molecular formula is C9H10N4OS2. The fourth-order valence-electron chi connectivity index (χ4n) is 1.56. The van der Waals surface area contributed by atoms with Crippen LogP contribution in [0.2, 0.25) is 0 Å². The zero-order chi connectivity index (χ0) is 11.9. The molecule has 2 aromatic rings. The first kappa shape index (κ1) is 11.0. The van der Waals surface area contributed by atoms with Gasteiger partial charge in [0.15, 0.2) is 4.77 Å². The number of fused-ring (bicyclic) bond motifs is 1. The molecule has 0 unspecified atom stereocenters. The number of hydrogen-bond acceptors (Lipinski definition) is 5. The monoisotopic (exact) mass is 254 g/mol. The maximum Gasteiger partial charge on any atom is 0.260 e. The van der Waals surface area contributed by atoms with E-state index in [1.54, 1.807) is 0 Å². The highest BCUT2D eigenvalue weighted by molar-refractivity contribution is 7.71. The summed E-state index contributed by atoms with van der Waals surface area (Å²) in [5.41, 5.74) is 12.4. The number of nitrogens with zero attached hydrogens (tertiary/aromatic N) is 1. The Morgan fingerprint density at radius 3 is 2.88 bits per heavy atom. The lowest BCUT2D eigenvalue weighted by molar-refractivity contribution is 0.100. The highest BCUT2D eigenvalue weighted by Crippen LogP contribution is 2.33. The Labute approximate surface area is 100 Å². The van der Waals surface area contributed by atoms with E-state index in [4.69, 9.17) is 23.7 Å². The van der Waals surface area contributed by atoms with Crippen LogP contribution in [-0.2, 0) is 6.42 Å². The van der Waals surface area contributed by atoms with Crippen molar-refractivity contribution in [2.24, 2.45) is 5.73 Å². The molecule has 5 nitrogen and oxygen atoms in total. The smallest absolute Gasteiger partial charge is 0.260 e. The number of thiophene rings is 1. The average Bonchev–Trinajstić information content (AvgIpc) is 2.55. The largest absolute Gasteiger partial charge is 0.397 e. The van der Waals surface area contributed by atoms with Gasteiger partial charge in [0.1, 0.15) is 9.71 Å². The molecule has 2 heterocycles. The van der Waals surface area contributed by atoms with E-state index in [9.17, 15) is 4.79 Å². The van der Waals surface area contributed by atoms with Crippen molar-refractivity contribution in [3.8, 4) is 0 Å². The maximum atomic E-state index is 11.2. The standard InChI is InChI=1S/C9H10N4OS2/c1-2-3-4-5(10)6(7(11)14)16-8(4)13-9(15)12-3/h2,10H2,1H3,(H2,11,14)(H,12,13,15). The number of carbonyl (C=O) groups excluding carboxylic acids is 1. The fourth-order valence-corrected chi connectivity index (χ4v) is 2.81. The number of rotatable bonds is 2. The number of carbonyl (C=O) groups is 1. The number of amides is 1. The third kappa shape index (κ3) is 1.57. The number of nitrogens with one attached hydrogen (secondary N) is 1. The quantitative estimate of drug-likeness (QED) is 0.709. The topological polar surface area (TPSA) is 97.8 Å². The lowest BCUT2D eigenvalue weighted by Gasteiger charge is -2.00. The molecule has 1 amide bonds. The van der Waals surface area contributed by atoms with Crippen molar-refractivity contribution in [3.05, 3.63) is 15.3 Å². The molecular weight excluding hydrogens is 244 g/mol. The SMILES string of the molecule is CCc1[nH]c(=S)nc2sc(C(N)=O)c(N)c12. The molecule has 0 fully saturated rings. The van der Waals surface area contributed by atoms with E-state index in [0.717, 1.165) is 17.5 Å². The van der Waals surface area contributed by atoms with Crippen LogP contribution in [0.25, 0.3) is 10.2 Å². The van der Waals surface area contributed by atoms with Crippen LogP contribution in [0.5, 0.6) is 0 Å². The Bertz CT molecular complexity index is 628. The molecule has 0 aliphatic carbocycles. The number of aromatic nitrogens is 2. The van der Waals surface area contributed by atoms with Gasteiger partial charge in [0, 0.05) is 5.69 Å². The summed E-state index contributed by atoms with van der Waals surface area (Å²) in [7, 11) is 0. The zero-order valence-electron chi connectivity index (χ0n) is 8.53. The van der Waals surface area contributed by atoms with Crippen molar-refractivity contribution < 1.29 is 4.79 Å². The molecule has 84 valence electrons. The molecule has 2 aromatic heterocycles. The predicted octanol–water partition coefficient (Wildman–Crippen LogP) is 1.60. The third-order valence-corrected chi connectivity index (χ3v) is 3.57. The van der Waals surface area contributed by atoms with E-state index in [-0.39, 0.29) is 0 Å². The summed E-state index contributed by atoms with van der Waals surface area (Å²) in [4.78, 5) is 19.3. The number of nitrogen functional groups attached to an aromatic ring is 1. The van der Waals surface area contributed by atoms with Crippen LogP contribution in [-0.4, -0.2) is 15.9 Å². The first-order chi connectivity index (χ1) is 7.54. The van der Waals surface area contributed by atoms with Gasteiger partial charge in [0.05, 0.1) is 11.1 Å². The molecule has 0 radical (unpaired) electrons. The molecule has 5 N–H and O–H groups in total. The molecule has 0 saturated carbocycles. The molecule has 0 aliphatic heterocycles. The van der Waals surface area contributed by atoms with E-state index in [1.807, 2.05) is 6.92 Å². The van der Waals surface area contributed by atoms with Gasteiger partial charge in [0.2, 0.25) is 0 Å². The lowest BCUT2D eigenvalue weighted by Crippen LogP contribution is -2.10. The summed E-state index contributed by atoms with van der Waals surface area (Å²) in [5.74, 6) is -0.534. The predicted molar refractivity (Wildman–Crippen MR) is 67.1 cm³/mol. The minimum atomic E-state index is -0.534. The molecule has 0 saturated heterocycles. The van der Waals surface area contributed by atoms with E-state index >= 15 is 0 Å². The summed E-state index contributed by atoms with van der Waals surface area (Å²) < 4.78 is 0.390. The van der Waals surface area contributed by atoms with Crippen molar-refractivity contribution in [2.75, 3.05) is 5.73 Å². The average molecular weight is 254 g/mol. The normalized spacial score (nSPS) is 10.8. The van der Waals surface area contributed by atoms with Gasteiger partial charge >= 0.3 is 0 Å². The number of anilines is 1. The van der Waals surface area contributed by atoms with E-state index in [0.29, 0.717) is 20.2 Å². The Hall–Kier alpha value is -1.47. The van der Waals surface area contributed by atoms with Crippen LogP contribution in [0, 0.1) is 4.77 Å². The molecule has 2 rings (SSSR count). The van der Waals surface area contributed by atoms with Crippen molar-refractivity contribution in [1.82, 2.24) is 9.97 Å². The van der Waals surface area contributed by atoms with Crippen molar-refractivity contribution >= 4 is 45.4 Å².